The molecule has 1 heterocycles. The van der Waals surface area contributed by atoms with Crippen molar-refractivity contribution >= 4 is 5.69 Å². The van der Waals surface area contributed by atoms with Gasteiger partial charge in [-0.2, -0.15) is 0 Å². The van der Waals surface area contributed by atoms with Crippen LogP contribution in [0.3, 0.4) is 0 Å². The van der Waals surface area contributed by atoms with Gasteiger partial charge in [0.05, 0.1) is 0 Å². The van der Waals surface area contributed by atoms with Crippen LogP contribution in [-0.4, -0.2) is 11.4 Å². The zero-order chi connectivity index (χ0) is 13.2. The van der Waals surface area contributed by atoms with E-state index in [1.807, 2.05) is 0 Å². The van der Waals surface area contributed by atoms with Gasteiger partial charge in [-0.3, -0.25) is 4.90 Å². The summed E-state index contributed by atoms with van der Waals surface area (Å²) < 4.78 is 13.8. The molecular formula is C16H17FN2. The van der Waals surface area contributed by atoms with Gasteiger partial charge in [0.25, 0.3) is 0 Å². The minimum absolute atomic E-state index is 0.209. The molecule has 0 radical (unpaired) electrons. The maximum Gasteiger partial charge on any atom is 0.129 e. The number of halogens is 1. The zero-order valence-electron chi connectivity index (χ0n) is 10.8. The van der Waals surface area contributed by atoms with E-state index in [9.17, 15) is 4.39 Å². The van der Waals surface area contributed by atoms with Gasteiger partial charge in [0.2, 0.25) is 0 Å². The number of nitrogens with zero attached hydrogens (tertiary/aromatic N) is 1. The van der Waals surface area contributed by atoms with Gasteiger partial charge < -0.3 is 5.73 Å². The Morgan fingerprint density at radius 3 is 2.63 bits per heavy atom. The lowest BCUT2D eigenvalue weighted by molar-refractivity contribution is 0.242. The number of hydrogen-bond acceptors (Lipinski definition) is 2. The topological polar surface area (TPSA) is 29.3 Å². The van der Waals surface area contributed by atoms with Crippen molar-refractivity contribution in [2.24, 2.45) is 0 Å². The summed E-state index contributed by atoms with van der Waals surface area (Å²) in [5.41, 5.74) is 9.76. The Kier molecular flexibility index (Phi) is 3.22. The molecule has 2 aromatic rings. The zero-order valence-corrected chi connectivity index (χ0v) is 10.8. The largest absolute Gasteiger partial charge is 0.398 e. The standard InChI is InChI=1S/C16H17FN2/c17-15-6-3-7-16(18)14(15)11-19-9-8-12-4-1-2-5-13(12)10-19/h1-7H,8-11,18H2. The molecule has 0 bridgehead atoms. The van der Waals surface area contributed by atoms with Crippen molar-refractivity contribution in [3.8, 4) is 0 Å². The lowest BCUT2D eigenvalue weighted by Gasteiger charge is -2.29. The first kappa shape index (κ1) is 12.2. The summed E-state index contributed by atoms with van der Waals surface area (Å²) in [6, 6.07) is 13.3. The quantitative estimate of drug-likeness (QED) is 0.837. The first-order chi connectivity index (χ1) is 9.24. The molecule has 2 N–H and O–H groups in total. The minimum atomic E-state index is -0.209. The highest BCUT2D eigenvalue weighted by Crippen LogP contribution is 2.23. The molecule has 0 fully saturated rings. The summed E-state index contributed by atoms with van der Waals surface area (Å²) in [4.78, 5) is 2.25. The first-order valence-corrected chi connectivity index (χ1v) is 6.56. The molecule has 2 aromatic carbocycles. The average Bonchev–Trinajstić information content (AvgIpc) is 2.43. The summed E-state index contributed by atoms with van der Waals surface area (Å²) in [6.07, 6.45) is 1.02. The fourth-order valence-corrected chi connectivity index (χ4v) is 2.65. The Morgan fingerprint density at radius 2 is 1.84 bits per heavy atom. The monoisotopic (exact) mass is 256 g/mol. The molecule has 0 unspecified atom stereocenters. The summed E-state index contributed by atoms with van der Waals surface area (Å²) in [5, 5.41) is 0. The van der Waals surface area contributed by atoms with E-state index in [4.69, 9.17) is 5.73 Å². The molecule has 0 aliphatic carbocycles. The molecule has 3 heteroatoms. The highest BCUT2D eigenvalue weighted by molar-refractivity contribution is 5.47. The van der Waals surface area contributed by atoms with E-state index in [0.717, 1.165) is 19.5 Å². The number of rotatable bonds is 2. The third-order valence-corrected chi connectivity index (χ3v) is 3.75. The Morgan fingerprint density at radius 1 is 1.05 bits per heavy atom. The predicted octanol–water partition coefficient (Wildman–Crippen LogP) is 2.97. The summed E-state index contributed by atoms with van der Waals surface area (Å²) in [7, 11) is 0. The maximum atomic E-state index is 13.8. The molecule has 0 atom stereocenters. The van der Waals surface area contributed by atoms with Gasteiger partial charge in [0, 0.05) is 30.9 Å². The lowest BCUT2D eigenvalue weighted by atomic mass is 9.99. The number of anilines is 1. The molecule has 2 nitrogen and oxygen atoms in total. The molecule has 0 saturated heterocycles. The van der Waals surface area contributed by atoms with Crippen LogP contribution in [0.25, 0.3) is 0 Å². The van der Waals surface area contributed by atoms with Crippen molar-refractivity contribution in [3.05, 3.63) is 65.0 Å². The first-order valence-electron chi connectivity index (χ1n) is 6.56. The summed E-state index contributed by atoms with van der Waals surface area (Å²) >= 11 is 0. The second-order valence-corrected chi connectivity index (χ2v) is 5.04. The smallest absolute Gasteiger partial charge is 0.129 e. The normalized spacial score (nSPS) is 15.2. The van der Waals surface area contributed by atoms with E-state index in [0.29, 0.717) is 17.8 Å². The van der Waals surface area contributed by atoms with Gasteiger partial charge in [-0.05, 0) is 29.7 Å². The average molecular weight is 256 g/mol. The van der Waals surface area contributed by atoms with Crippen molar-refractivity contribution in [2.75, 3.05) is 12.3 Å². The van der Waals surface area contributed by atoms with Crippen molar-refractivity contribution in [2.45, 2.75) is 19.5 Å². The molecule has 0 aromatic heterocycles. The molecule has 0 amide bonds. The fourth-order valence-electron chi connectivity index (χ4n) is 2.65. The van der Waals surface area contributed by atoms with Crippen LogP contribution < -0.4 is 5.73 Å². The van der Waals surface area contributed by atoms with Crippen molar-refractivity contribution in [1.29, 1.82) is 0 Å². The van der Waals surface area contributed by atoms with Crippen LogP contribution in [0.4, 0.5) is 10.1 Å². The number of nitrogens with two attached hydrogens (primary N) is 1. The number of benzene rings is 2. The molecule has 0 saturated carbocycles. The van der Waals surface area contributed by atoms with E-state index in [-0.39, 0.29) is 5.82 Å². The van der Waals surface area contributed by atoms with Crippen molar-refractivity contribution in [1.82, 2.24) is 4.90 Å². The summed E-state index contributed by atoms with van der Waals surface area (Å²) in [5.74, 6) is -0.209. The van der Waals surface area contributed by atoms with Crippen LogP contribution in [0.5, 0.6) is 0 Å². The maximum absolute atomic E-state index is 13.8. The predicted molar refractivity (Wildman–Crippen MR) is 75.1 cm³/mol. The van der Waals surface area contributed by atoms with E-state index < -0.39 is 0 Å². The molecule has 1 aliphatic rings. The van der Waals surface area contributed by atoms with Crippen LogP contribution in [0.1, 0.15) is 16.7 Å². The Balaban J connectivity index is 1.79. The highest BCUT2D eigenvalue weighted by Gasteiger charge is 2.18. The molecule has 1 aliphatic heterocycles. The Labute approximate surface area is 112 Å². The van der Waals surface area contributed by atoms with Crippen LogP contribution in [0, 0.1) is 5.82 Å². The van der Waals surface area contributed by atoms with E-state index in [1.54, 1.807) is 12.1 Å². The van der Waals surface area contributed by atoms with Crippen LogP contribution >= 0.6 is 0 Å². The van der Waals surface area contributed by atoms with Crippen LogP contribution in [0.15, 0.2) is 42.5 Å². The van der Waals surface area contributed by atoms with Gasteiger partial charge in [-0.1, -0.05) is 30.3 Å². The van der Waals surface area contributed by atoms with Crippen LogP contribution in [-0.2, 0) is 19.5 Å². The fraction of sp³-hybridized carbons (Fsp3) is 0.250. The second-order valence-electron chi connectivity index (χ2n) is 5.04. The van der Waals surface area contributed by atoms with Crippen LogP contribution in [0.2, 0.25) is 0 Å². The Bertz CT molecular complexity index is 575. The van der Waals surface area contributed by atoms with Gasteiger partial charge in [-0.25, -0.2) is 4.39 Å². The molecule has 3 rings (SSSR count). The lowest BCUT2D eigenvalue weighted by Crippen LogP contribution is -2.30. The SMILES string of the molecule is Nc1cccc(F)c1CN1CCc2ccccc2C1. The number of hydrogen-bond donors (Lipinski definition) is 1. The molecule has 0 spiro atoms. The van der Waals surface area contributed by atoms with Crippen molar-refractivity contribution < 1.29 is 4.39 Å². The van der Waals surface area contributed by atoms with Gasteiger partial charge in [-0.15, -0.1) is 0 Å². The number of fused-ring (bicyclic) bond motifs is 1. The minimum Gasteiger partial charge on any atom is -0.398 e. The van der Waals surface area contributed by atoms with Crippen molar-refractivity contribution in [3.63, 3.8) is 0 Å². The molecular weight excluding hydrogens is 239 g/mol. The third-order valence-electron chi connectivity index (χ3n) is 3.75. The van der Waals surface area contributed by atoms with Gasteiger partial charge >= 0.3 is 0 Å². The third kappa shape index (κ3) is 2.47. The highest BCUT2D eigenvalue weighted by atomic mass is 19.1. The van der Waals surface area contributed by atoms with Gasteiger partial charge in [0.15, 0.2) is 0 Å². The Hall–Kier alpha value is -1.87. The molecule has 19 heavy (non-hydrogen) atoms. The summed E-state index contributed by atoms with van der Waals surface area (Å²) in [6.45, 7) is 2.39. The second kappa shape index (κ2) is 5.02. The van der Waals surface area contributed by atoms with E-state index in [1.165, 1.54) is 17.2 Å². The van der Waals surface area contributed by atoms with Gasteiger partial charge in [0.1, 0.15) is 5.82 Å². The van der Waals surface area contributed by atoms with E-state index >= 15 is 0 Å². The van der Waals surface area contributed by atoms with E-state index in [2.05, 4.69) is 29.2 Å². The molecule has 98 valence electrons. The number of nitrogen functional groups attached to an aromatic ring is 1.